The first-order chi connectivity index (χ1) is 10.3. The zero-order valence-corrected chi connectivity index (χ0v) is 12.7. The Morgan fingerprint density at radius 2 is 2.24 bits per heavy atom. The average molecular weight is 303 g/mol. The van der Waals surface area contributed by atoms with Gasteiger partial charge in [-0.2, -0.15) is 0 Å². The van der Waals surface area contributed by atoms with E-state index >= 15 is 0 Å². The first kappa shape index (κ1) is 14.4. The standard InChI is InChI=1S/C16H17NO3S/c1-19-10-11-5-6-14-13(9-11)15(7-8-17-14)21-20-16(18)12-3-2-4-12/h5-9,12H,2-4,10H2,1H3. The van der Waals surface area contributed by atoms with Crippen LogP contribution in [0.25, 0.3) is 10.9 Å². The van der Waals surface area contributed by atoms with E-state index in [1.165, 1.54) is 0 Å². The molecule has 21 heavy (non-hydrogen) atoms. The van der Waals surface area contributed by atoms with Crippen molar-refractivity contribution in [3.63, 3.8) is 0 Å². The molecule has 1 aliphatic carbocycles. The molecule has 0 bridgehead atoms. The maximum atomic E-state index is 11.8. The van der Waals surface area contributed by atoms with Crippen LogP contribution >= 0.6 is 12.0 Å². The number of benzene rings is 1. The van der Waals surface area contributed by atoms with Crippen LogP contribution in [-0.4, -0.2) is 18.1 Å². The SMILES string of the molecule is COCc1ccc2nccc(SOC(=O)C3CCC3)c2c1. The number of carbonyl (C=O) groups excluding carboxylic acids is 1. The number of hydrogen-bond acceptors (Lipinski definition) is 5. The molecule has 1 aromatic carbocycles. The second-order valence-electron chi connectivity index (χ2n) is 5.21. The van der Waals surface area contributed by atoms with E-state index in [0.29, 0.717) is 6.61 Å². The van der Waals surface area contributed by atoms with Crippen molar-refractivity contribution in [3.05, 3.63) is 36.0 Å². The van der Waals surface area contributed by atoms with Crippen LogP contribution < -0.4 is 0 Å². The largest absolute Gasteiger partial charge is 0.386 e. The molecule has 1 aromatic heterocycles. The molecule has 5 heteroatoms. The van der Waals surface area contributed by atoms with Crippen LogP contribution in [0.2, 0.25) is 0 Å². The van der Waals surface area contributed by atoms with E-state index < -0.39 is 0 Å². The van der Waals surface area contributed by atoms with E-state index in [2.05, 4.69) is 4.98 Å². The predicted molar refractivity (Wildman–Crippen MR) is 81.7 cm³/mol. The normalized spacial score (nSPS) is 14.9. The Labute approximate surface area is 128 Å². The molecule has 3 rings (SSSR count). The first-order valence-corrected chi connectivity index (χ1v) is 7.77. The highest BCUT2D eigenvalue weighted by molar-refractivity contribution is 7.95. The van der Waals surface area contributed by atoms with Crippen LogP contribution in [0.1, 0.15) is 24.8 Å². The van der Waals surface area contributed by atoms with Crippen molar-refractivity contribution in [1.82, 2.24) is 4.98 Å². The summed E-state index contributed by atoms with van der Waals surface area (Å²) in [6.45, 7) is 0.552. The number of ether oxygens (including phenoxy) is 1. The molecule has 110 valence electrons. The summed E-state index contributed by atoms with van der Waals surface area (Å²) >= 11 is 1.13. The number of hydrogen-bond donors (Lipinski definition) is 0. The van der Waals surface area contributed by atoms with Gasteiger partial charge in [-0.3, -0.25) is 9.78 Å². The molecule has 1 fully saturated rings. The molecule has 0 unspecified atom stereocenters. The molecule has 1 aliphatic rings. The molecule has 0 aliphatic heterocycles. The molecule has 1 heterocycles. The highest BCUT2D eigenvalue weighted by Gasteiger charge is 2.27. The van der Waals surface area contributed by atoms with Crippen LogP contribution in [-0.2, 0) is 20.3 Å². The van der Waals surface area contributed by atoms with Crippen molar-refractivity contribution in [1.29, 1.82) is 0 Å². The Morgan fingerprint density at radius 3 is 2.95 bits per heavy atom. The van der Waals surface area contributed by atoms with Crippen molar-refractivity contribution in [2.24, 2.45) is 5.92 Å². The van der Waals surface area contributed by atoms with Crippen molar-refractivity contribution in [3.8, 4) is 0 Å². The Bertz CT molecular complexity index is 655. The van der Waals surface area contributed by atoms with Gasteiger partial charge >= 0.3 is 5.97 Å². The van der Waals surface area contributed by atoms with Gasteiger partial charge in [0.05, 0.1) is 35.0 Å². The lowest BCUT2D eigenvalue weighted by atomic mass is 9.86. The second-order valence-corrected chi connectivity index (χ2v) is 5.98. The Hall–Kier alpha value is -1.59. The molecule has 1 saturated carbocycles. The summed E-state index contributed by atoms with van der Waals surface area (Å²) in [5, 5.41) is 0.985. The van der Waals surface area contributed by atoms with Gasteiger partial charge in [0.25, 0.3) is 0 Å². The van der Waals surface area contributed by atoms with Crippen LogP contribution in [0, 0.1) is 5.92 Å². The lowest BCUT2D eigenvalue weighted by Gasteiger charge is -2.22. The average Bonchev–Trinajstić information content (AvgIpc) is 2.43. The van der Waals surface area contributed by atoms with E-state index in [4.69, 9.17) is 8.92 Å². The summed E-state index contributed by atoms with van der Waals surface area (Å²) in [6, 6.07) is 7.86. The van der Waals surface area contributed by atoms with Crippen LogP contribution in [0.15, 0.2) is 35.4 Å². The van der Waals surface area contributed by atoms with Crippen molar-refractivity contribution in [2.45, 2.75) is 30.8 Å². The number of aromatic nitrogens is 1. The van der Waals surface area contributed by atoms with Crippen molar-refractivity contribution >= 4 is 28.9 Å². The molecule has 0 saturated heterocycles. The van der Waals surface area contributed by atoms with Gasteiger partial charge in [0.15, 0.2) is 0 Å². The van der Waals surface area contributed by atoms with Crippen LogP contribution in [0.3, 0.4) is 0 Å². The van der Waals surface area contributed by atoms with Gasteiger partial charge in [0.1, 0.15) is 0 Å². The fourth-order valence-corrected chi connectivity index (χ4v) is 2.97. The Morgan fingerprint density at radius 1 is 1.38 bits per heavy atom. The minimum atomic E-state index is -0.107. The van der Waals surface area contributed by atoms with Gasteiger partial charge < -0.3 is 8.92 Å². The monoisotopic (exact) mass is 303 g/mol. The topological polar surface area (TPSA) is 48.4 Å². The fourth-order valence-electron chi connectivity index (χ4n) is 2.30. The highest BCUT2D eigenvalue weighted by atomic mass is 32.2. The Balaban J connectivity index is 1.79. The summed E-state index contributed by atoms with van der Waals surface area (Å²) in [4.78, 5) is 17.1. The molecule has 2 aromatic rings. The second kappa shape index (κ2) is 6.45. The summed E-state index contributed by atoms with van der Waals surface area (Å²) in [7, 11) is 1.67. The maximum Gasteiger partial charge on any atom is 0.321 e. The fraction of sp³-hybridized carbons (Fsp3) is 0.375. The third kappa shape index (κ3) is 3.19. The van der Waals surface area contributed by atoms with Crippen molar-refractivity contribution < 1.29 is 13.7 Å². The molecule has 4 nitrogen and oxygen atoms in total. The smallest absolute Gasteiger partial charge is 0.321 e. The molecule has 0 spiro atoms. The molecule has 0 radical (unpaired) electrons. The van der Waals surface area contributed by atoms with E-state index in [1.807, 2.05) is 24.3 Å². The third-order valence-corrected chi connectivity index (χ3v) is 4.51. The van der Waals surface area contributed by atoms with Gasteiger partial charge in [0.2, 0.25) is 0 Å². The van der Waals surface area contributed by atoms with Crippen LogP contribution in [0.5, 0.6) is 0 Å². The molecule has 0 amide bonds. The Kier molecular flexibility index (Phi) is 4.41. The summed E-state index contributed by atoms with van der Waals surface area (Å²) in [5.74, 6) is -0.0149. The van der Waals surface area contributed by atoms with E-state index in [0.717, 1.165) is 52.7 Å². The summed E-state index contributed by atoms with van der Waals surface area (Å²) in [6.07, 6.45) is 4.77. The minimum absolute atomic E-state index is 0.0923. The molecule has 0 N–H and O–H groups in total. The zero-order chi connectivity index (χ0) is 14.7. The predicted octanol–water partition coefficient (Wildman–Crippen LogP) is 3.73. The third-order valence-electron chi connectivity index (χ3n) is 3.73. The number of fused-ring (bicyclic) bond motifs is 1. The van der Waals surface area contributed by atoms with E-state index in [1.54, 1.807) is 13.3 Å². The lowest BCUT2D eigenvalue weighted by molar-refractivity contribution is -0.140. The quantitative estimate of drug-likeness (QED) is 0.788. The number of methoxy groups -OCH3 is 1. The minimum Gasteiger partial charge on any atom is -0.386 e. The van der Waals surface area contributed by atoms with Gasteiger partial charge in [-0.1, -0.05) is 12.5 Å². The number of pyridine rings is 1. The summed E-state index contributed by atoms with van der Waals surface area (Å²) < 4.78 is 10.5. The molecular weight excluding hydrogens is 286 g/mol. The van der Waals surface area contributed by atoms with E-state index in [-0.39, 0.29) is 11.9 Å². The van der Waals surface area contributed by atoms with Crippen LogP contribution in [0.4, 0.5) is 0 Å². The maximum absolute atomic E-state index is 11.8. The van der Waals surface area contributed by atoms with Gasteiger partial charge in [0, 0.05) is 18.7 Å². The zero-order valence-electron chi connectivity index (χ0n) is 11.9. The van der Waals surface area contributed by atoms with Gasteiger partial charge in [-0.15, -0.1) is 0 Å². The number of nitrogens with zero attached hydrogens (tertiary/aromatic N) is 1. The first-order valence-electron chi connectivity index (χ1n) is 7.03. The van der Waals surface area contributed by atoms with Gasteiger partial charge in [-0.05, 0) is 36.6 Å². The molecular formula is C16H17NO3S. The van der Waals surface area contributed by atoms with Gasteiger partial charge in [-0.25, -0.2) is 0 Å². The van der Waals surface area contributed by atoms with Crippen molar-refractivity contribution in [2.75, 3.05) is 7.11 Å². The lowest BCUT2D eigenvalue weighted by Crippen LogP contribution is -2.22. The molecule has 0 atom stereocenters. The van der Waals surface area contributed by atoms with E-state index in [9.17, 15) is 4.79 Å². The summed E-state index contributed by atoms with van der Waals surface area (Å²) in [5.41, 5.74) is 1.96. The highest BCUT2D eigenvalue weighted by Crippen LogP contribution is 2.33. The number of rotatable bonds is 5. The number of carbonyl (C=O) groups is 1.